The van der Waals surface area contributed by atoms with Crippen molar-refractivity contribution < 1.29 is 9.53 Å². The smallest absolute Gasteiger partial charge is 0.251 e. The van der Waals surface area contributed by atoms with Gasteiger partial charge in [-0.25, -0.2) is 0 Å². The van der Waals surface area contributed by atoms with Gasteiger partial charge in [-0.3, -0.25) is 9.78 Å². The van der Waals surface area contributed by atoms with Crippen molar-refractivity contribution in [2.75, 3.05) is 27.2 Å². The van der Waals surface area contributed by atoms with E-state index >= 15 is 0 Å². The van der Waals surface area contributed by atoms with Gasteiger partial charge in [0.1, 0.15) is 5.75 Å². The van der Waals surface area contributed by atoms with Crippen molar-refractivity contribution >= 4 is 5.91 Å². The summed E-state index contributed by atoms with van der Waals surface area (Å²) in [6, 6.07) is 10.1. The fourth-order valence-corrected chi connectivity index (χ4v) is 3.41. The van der Waals surface area contributed by atoms with Crippen LogP contribution in [0.4, 0.5) is 0 Å². The highest BCUT2D eigenvalue weighted by Gasteiger charge is 2.20. The van der Waals surface area contributed by atoms with E-state index in [-0.39, 0.29) is 5.91 Å². The van der Waals surface area contributed by atoms with Crippen LogP contribution >= 0.6 is 0 Å². The fourth-order valence-electron chi connectivity index (χ4n) is 3.41. The van der Waals surface area contributed by atoms with Crippen molar-refractivity contribution in [3.63, 3.8) is 0 Å². The van der Waals surface area contributed by atoms with E-state index in [1.54, 1.807) is 19.5 Å². The SMILES string of the molecule is COc1cnccc1-c1cccc(C(=O)NCCC2CCCN2C)c1. The van der Waals surface area contributed by atoms with E-state index in [0.29, 0.717) is 23.9 Å². The molecular formula is C20H25N3O2. The molecule has 0 aliphatic carbocycles. The Morgan fingerprint density at radius 3 is 3.04 bits per heavy atom. The Morgan fingerprint density at radius 2 is 2.28 bits per heavy atom. The van der Waals surface area contributed by atoms with Gasteiger partial charge in [0.05, 0.1) is 13.3 Å². The van der Waals surface area contributed by atoms with Crippen LogP contribution in [0.3, 0.4) is 0 Å². The molecule has 0 saturated carbocycles. The van der Waals surface area contributed by atoms with Crippen molar-refractivity contribution in [1.82, 2.24) is 15.2 Å². The minimum absolute atomic E-state index is 0.0319. The van der Waals surface area contributed by atoms with Gasteiger partial charge >= 0.3 is 0 Å². The number of nitrogens with zero attached hydrogens (tertiary/aromatic N) is 2. The first-order valence-corrected chi connectivity index (χ1v) is 8.76. The maximum atomic E-state index is 12.5. The maximum absolute atomic E-state index is 12.5. The van der Waals surface area contributed by atoms with Crippen molar-refractivity contribution in [3.05, 3.63) is 48.3 Å². The molecule has 1 aromatic carbocycles. The molecule has 0 spiro atoms. The number of likely N-dealkylation sites (tertiary alicyclic amines) is 1. The van der Waals surface area contributed by atoms with Gasteiger partial charge in [0.15, 0.2) is 0 Å². The Labute approximate surface area is 149 Å². The van der Waals surface area contributed by atoms with Gasteiger partial charge in [0, 0.05) is 29.9 Å². The second-order valence-corrected chi connectivity index (χ2v) is 6.48. The van der Waals surface area contributed by atoms with E-state index in [9.17, 15) is 4.79 Å². The van der Waals surface area contributed by atoms with E-state index in [1.807, 2.05) is 30.3 Å². The molecule has 0 radical (unpaired) electrons. The average molecular weight is 339 g/mol. The zero-order valence-electron chi connectivity index (χ0n) is 14.9. The van der Waals surface area contributed by atoms with Crippen LogP contribution in [0, 0.1) is 0 Å². The summed E-state index contributed by atoms with van der Waals surface area (Å²) in [5, 5.41) is 3.04. The average Bonchev–Trinajstić information content (AvgIpc) is 3.06. The highest BCUT2D eigenvalue weighted by molar-refractivity contribution is 5.95. The lowest BCUT2D eigenvalue weighted by molar-refractivity contribution is 0.0950. The number of hydrogen-bond acceptors (Lipinski definition) is 4. The van der Waals surface area contributed by atoms with Gasteiger partial charge < -0.3 is 15.0 Å². The summed E-state index contributed by atoms with van der Waals surface area (Å²) in [4.78, 5) is 18.9. The topological polar surface area (TPSA) is 54.5 Å². The number of benzene rings is 1. The highest BCUT2D eigenvalue weighted by Crippen LogP contribution is 2.29. The number of rotatable bonds is 6. The van der Waals surface area contributed by atoms with Gasteiger partial charge in [-0.15, -0.1) is 0 Å². The van der Waals surface area contributed by atoms with Crippen LogP contribution in [0.2, 0.25) is 0 Å². The third-order valence-corrected chi connectivity index (χ3v) is 4.87. The molecule has 1 aliphatic heterocycles. The predicted molar refractivity (Wildman–Crippen MR) is 98.8 cm³/mol. The van der Waals surface area contributed by atoms with Crippen LogP contribution in [-0.2, 0) is 0 Å². The van der Waals surface area contributed by atoms with Gasteiger partial charge in [-0.2, -0.15) is 0 Å². The molecule has 3 rings (SSSR count). The second-order valence-electron chi connectivity index (χ2n) is 6.48. The molecule has 1 N–H and O–H groups in total. The third-order valence-electron chi connectivity index (χ3n) is 4.87. The zero-order valence-corrected chi connectivity index (χ0v) is 14.9. The van der Waals surface area contributed by atoms with E-state index in [4.69, 9.17) is 4.74 Å². The Kier molecular flexibility index (Phi) is 5.66. The summed E-state index contributed by atoms with van der Waals surface area (Å²) in [5.74, 6) is 0.667. The number of hydrogen-bond donors (Lipinski definition) is 1. The minimum Gasteiger partial charge on any atom is -0.494 e. The number of carbonyl (C=O) groups is 1. The monoisotopic (exact) mass is 339 g/mol. The number of aromatic nitrogens is 1. The van der Waals surface area contributed by atoms with Crippen LogP contribution in [0.1, 0.15) is 29.6 Å². The van der Waals surface area contributed by atoms with Crippen LogP contribution < -0.4 is 10.1 Å². The molecule has 2 aromatic rings. The van der Waals surface area contributed by atoms with Crippen molar-refractivity contribution in [2.24, 2.45) is 0 Å². The Hall–Kier alpha value is -2.40. The molecule has 0 bridgehead atoms. The number of amides is 1. The summed E-state index contributed by atoms with van der Waals surface area (Å²) in [5.41, 5.74) is 2.54. The Balaban J connectivity index is 1.65. The van der Waals surface area contributed by atoms with Gasteiger partial charge in [-0.05, 0) is 56.6 Å². The van der Waals surface area contributed by atoms with Crippen LogP contribution in [-0.4, -0.2) is 49.1 Å². The summed E-state index contributed by atoms with van der Waals surface area (Å²) >= 11 is 0. The number of methoxy groups -OCH3 is 1. The van der Waals surface area contributed by atoms with Gasteiger partial charge in [0.25, 0.3) is 5.91 Å². The van der Waals surface area contributed by atoms with E-state index < -0.39 is 0 Å². The Bertz CT molecular complexity index is 732. The van der Waals surface area contributed by atoms with E-state index in [0.717, 1.165) is 24.1 Å². The van der Waals surface area contributed by atoms with E-state index in [1.165, 1.54) is 12.8 Å². The first-order chi connectivity index (χ1) is 12.2. The Morgan fingerprint density at radius 1 is 1.40 bits per heavy atom. The number of nitrogens with one attached hydrogen (secondary N) is 1. The molecule has 5 heteroatoms. The molecule has 1 fully saturated rings. The molecule has 25 heavy (non-hydrogen) atoms. The lowest BCUT2D eigenvalue weighted by atomic mass is 10.0. The molecule has 1 amide bonds. The maximum Gasteiger partial charge on any atom is 0.251 e. The lowest BCUT2D eigenvalue weighted by Crippen LogP contribution is -2.31. The largest absolute Gasteiger partial charge is 0.494 e. The first-order valence-electron chi connectivity index (χ1n) is 8.76. The summed E-state index contributed by atoms with van der Waals surface area (Å²) in [6.45, 7) is 1.87. The molecule has 1 saturated heterocycles. The normalized spacial score (nSPS) is 17.4. The van der Waals surface area contributed by atoms with E-state index in [2.05, 4.69) is 22.2 Å². The fraction of sp³-hybridized carbons (Fsp3) is 0.400. The molecule has 132 valence electrons. The second kappa shape index (κ2) is 8.12. The molecule has 1 unspecified atom stereocenters. The summed E-state index contributed by atoms with van der Waals surface area (Å²) < 4.78 is 5.36. The summed E-state index contributed by atoms with van der Waals surface area (Å²) in [6.07, 6.45) is 6.89. The predicted octanol–water partition coefficient (Wildman–Crippen LogP) is 2.97. The number of pyridine rings is 1. The number of carbonyl (C=O) groups excluding carboxylic acids is 1. The van der Waals surface area contributed by atoms with Crippen molar-refractivity contribution in [3.8, 4) is 16.9 Å². The van der Waals surface area contributed by atoms with Crippen LogP contribution in [0.5, 0.6) is 5.75 Å². The first kappa shape index (κ1) is 17.4. The van der Waals surface area contributed by atoms with Gasteiger partial charge in [0.2, 0.25) is 0 Å². The van der Waals surface area contributed by atoms with Crippen molar-refractivity contribution in [2.45, 2.75) is 25.3 Å². The standard InChI is InChI=1S/C20H25N3O2/c1-23-12-4-7-17(23)8-11-22-20(24)16-6-3-5-15(13-16)18-9-10-21-14-19(18)25-2/h3,5-6,9-10,13-14,17H,4,7-8,11-12H2,1-2H3,(H,22,24). The lowest BCUT2D eigenvalue weighted by Gasteiger charge is -2.19. The molecule has 5 nitrogen and oxygen atoms in total. The number of ether oxygens (including phenoxy) is 1. The molecule has 1 aromatic heterocycles. The molecule has 1 aliphatic rings. The quantitative estimate of drug-likeness (QED) is 0.879. The van der Waals surface area contributed by atoms with Crippen LogP contribution in [0.25, 0.3) is 11.1 Å². The molecule has 2 heterocycles. The molecule has 1 atom stereocenters. The van der Waals surface area contributed by atoms with Crippen molar-refractivity contribution in [1.29, 1.82) is 0 Å². The van der Waals surface area contributed by atoms with Crippen LogP contribution in [0.15, 0.2) is 42.7 Å². The van der Waals surface area contributed by atoms with Gasteiger partial charge in [-0.1, -0.05) is 12.1 Å². The third kappa shape index (κ3) is 4.17. The summed E-state index contributed by atoms with van der Waals surface area (Å²) in [7, 11) is 3.78. The molecular weight excluding hydrogens is 314 g/mol. The highest BCUT2D eigenvalue weighted by atomic mass is 16.5. The minimum atomic E-state index is -0.0319. The zero-order chi connectivity index (χ0) is 17.6.